The first-order chi connectivity index (χ1) is 11.5. The van der Waals surface area contributed by atoms with E-state index in [1.807, 2.05) is 0 Å². The fourth-order valence-corrected chi connectivity index (χ4v) is 2.89. The molecule has 24 heavy (non-hydrogen) atoms. The van der Waals surface area contributed by atoms with Crippen molar-refractivity contribution in [1.29, 1.82) is 0 Å². The molecule has 0 radical (unpaired) electrons. The summed E-state index contributed by atoms with van der Waals surface area (Å²) in [6.07, 6.45) is 0.190. The molecule has 2 heterocycles. The molecule has 1 fully saturated rings. The maximum Gasteiger partial charge on any atom is 0.318 e. The van der Waals surface area contributed by atoms with E-state index in [1.165, 1.54) is 17.0 Å². The number of β-amino-alcohol motifs (C(OH)–C–C–N with tert-alkyl or cyclic N) is 1. The molecule has 1 aromatic carbocycles. The van der Waals surface area contributed by atoms with Crippen LogP contribution in [0.4, 0.5) is 9.18 Å². The SMILES string of the molecule is Cc1noc(CCNC(=O)N2C[C@H](O)C[C@@H]2c2cccc(F)c2)n1. The molecule has 8 heteroatoms. The fraction of sp³-hybridized carbons (Fsp3) is 0.438. The third kappa shape index (κ3) is 3.70. The van der Waals surface area contributed by atoms with E-state index in [1.54, 1.807) is 19.1 Å². The van der Waals surface area contributed by atoms with Gasteiger partial charge in [0.2, 0.25) is 5.89 Å². The molecule has 2 amide bonds. The maximum atomic E-state index is 13.4. The number of hydrogen-bond acceptors (Lipinski definition) is 5. The summed E-state index contributed by atoms with van der Waals surface area (Å²) in [6, 6.07) is 5.45. The van der Waals surface area contributed by atoms with Crippen LogP contribution in [0.5, 0.6) is 0 Å². The third-order valence-electron chi connectivity index (χ3n) is 3.96. The van der Waals surface area contributed by atoms with Crippen molar-refractivity contribution >= 4 is 6.03 Å². The van der Waals surface area contributed by atoms with Crippen molar-refractivity contribution in [3.63, 3.8) is 0 Å². The first kappa shape index (κ1) is 16.4. The van der Waals surface area contributed by atoms with Gasteiger partial charge in [0.1, 0.15) is 5.82 Å². The molecule has 0 aliphatic carbocycles. The molecule has 2 atom stereocenters. The molecule has 1 aliphatic rings. The predicted molar refractivity (Wildman–Crippen MR) is 82.6 cm³/mol. The Morgan fingerprint density at radius 2 is 2.38 bits per heavy atom. The number of nitrogens with one attached hydrogen (secondary N) is 1. The molecule has 0 bridgehead atoms. The molecule has 1 aliphatic heterocycles. The highest BCUT2D eigenvalue weighted by Crippen LogP contribution is 2.32. The largest absolute Gasteiger partial charge is 0.391 e. The van der Waals surface area contributed by atoms with Crippen LogP contribution in [0.2, 0.25) is 0 Å². The van der Waals surface area contributed by atoms with Crippen LogP contribution in [-0.4, -0.2) is 45.4 Å². The molecule has 1 aromatic heterocycles. The van der Waals surface area contributed by atoms with E-state index >= 15 is 0 Å². The van der Waals surface area contributed by atoms with Crippen molar-refractivity contribution in [3.05, 3.63) is 47.4 Å². The average Bonchev–Trinajstić information content (AvgIpc) is 3.13. The highest BCUT2D eigenvalue weighted by molar-refractivity contribution is 5.75. The van der Waals surface area contributed by atoms with Crippen LogP contribution in [0.1, 0.15) is 29.7 Å². The van der Waals surface area contributed by atoms with Crippen molar-refractivity contribution in [1.82, 2.24) is 20.4 Å². The molecule has 128 valence electrons. The van der Waals surface area contributed by atoms with Gasteiger partial charge in [-0.15, -0.1) is 0 Å². The second-order valence-corrected chi connectivity index (χ2v) is 5.83. The number of aryl methyl sites for hydroxylation is 1. The summed E-state index contributed by atoms with van der Waals surface area (Å²) in [6.45, 7) is 2.27. The first-order valence-electron chi connectivity index (χ1n) is 7.80. The Bertz CT molecular complexity index is 721. The van der Waals surface area contributed by atoms with Crippen molar-refractivity contribution < 1.29 is 18.8 Å². The molecular weight excluding hydrogens is 315 g/mol. The highest BCUT2D eigenvalue weighted by atomic mass is 19.1. The van der Waals surface area contributed by atoms with Crippen LogP contribution in [0.3, 0.4) is 0 Å². The van der Waals surface area contributed by atoms with E-state index < -0.39 is 6.10 Å². The van der Waals surface area contributed by atoms with Crippen LogP contribution < -0.4 is 5.32 Å². The van der Waals surface area contributed by atoms with Crippen LogP contribution in [0.25, 0.3) is 0 Å². The minimum absolute atomic E-state index is 0.215. The van der Waals surface area contributed by atoms with Crippen molar-refractivity contribution in [2.75, 3.05) is 13.1 Å². The van der Waals surface area contributed by atoms with Gasteiger partial charge in [-0.05, 0) is 31.0 Å². The number of benzene rings is 1. The van der Waals surface area contributed by atoms with Gasteiger partial charge in [-0.25, -0.2) is 9.18 Å². The maximum absolute atomic E-state index is 13.4. The Morgan fingerprint density at radius 3 is 3.08 bits per heavy atom. The molecule has 0 unspecified atom stereocenters. The summed E-state index contributed by atoms with van der Waals surface area (Å²) < 4.78 is 18.4. The van der Waals surface area contributed by atoms with Crippen LogP contribution in [-0.2, 0) is 6.42 Å². The molecule has 3 rings (SSSR count). The van der Waals surface area contributed by atoms with Gasteiger partial charge in [0.15, 0.2) is 5.82 Å². The van der Waals surface area contributed by atoms with Gasteiger partial charge in [0.25, 0.3) is 0 Å². The number of carbonyl (C=O) groups is 1. The molecule has 1 saturated heterocycles. The molecule has 2 N–H and O–H groups in total. The van der Waals surface area contributed by atoms with Gasteiger partial charge < -0.3 is 19.8 Å². The summed E-state index contributed by atoms with van der Waals surface area (Å²) in [5.74, 6) is 0.641. The zero-order valence-electron chi connectivity index (χ0n) is 13.3. The van der Waals surface area contributed by atoms with Crippen molar-refractivity contribution in [3.8, 4) is 0 Å². The minimum Gasteiger partial charge on any atom is -0.391 e. The van der Waals surface area contributed by atoms with Gasteiger partial charge in [-0.2, -0.15) is 4.98 Å². The van der Waals surface area contributed by atoms with E-state index in [9.17, 15) is 14.3 Å². The van der Waals surface area contributed by atoms with Gasteiger partial charge >= 0.3 is 6.03 Å². The Labute approximate surface area is 138 Å². The van der Waals surface area contributed by atoms with E-state index in [0.29, 0.717) is 36.7 Å². The van der Waals surface area contributed by atoms with Gasteiger partial charge in [-0.1, -0.05) is 17.3 Å². The Kier molecular flexibility index (Phi) is 4.75. The molecular formula is C16H19FN4O3. The monoisotopic (exact) mass is 334 g/mol. The Hall–Kier alpha value is -2.48. The van der Waals surface area contributed by atoms with E-state index in [2.05, 4.69) is 15.5 Å². The summed E-state index contributed by atoms with van der Waals surface area (Å²) in [7, 11) is 0. The minimum atomic E-state index is -0.623. The number of urea groups is 1. The van der Waals surface area contributed by atoms with Gasteiger partial charge in [-0.3, -0.25) is 0 Å². The first-order valence-corrected chi connectivity index (χ1v) is 7.80. The summed E-state index contributed by atoms with van der Waals surface area (Å²) in [4.78, 5) is 18.0. The number of carbonyl (C=O) groups excluding carboxylic acids is 1. The number of amides is 2. The van der Waals surface area contributed by atoms with Gasteiger partial charge in [0, 0.05) is 19.5 Å². The van der Waals surface area contributed by atoms with E-state index in [0.717, 1.165) is 0 Å². The standard InChI is InChI=1S/C16H19FN4O3/c1-10-19-15(24-20-10)5-6-18-16(23)21-9-13(22)8-14(21)11-3-2-4-12(17)7-11/h2-4,7,13-14,22H,5-6,8-9H2,1H3,(H,18,23)/t13-,14-/m1/s1. The lowest BCUT2D eigenvalue weighted by Gasteiger charge is -2.25. The predicted octanol–water partition coefficient (Wildman–Crippen LogP) is 1.58. The van der Waals surface area contributed by atoms with Crippen LogP contribution in [0.15, 0.2) is 28.8 Å². The number of hydrogen-bond donors (Lipinski definition) is 2. The second kappa shape index (κ2) is 6.96. The Balaban J connectivity index is 1.61. The van der Waals surface area contributed by atoms with Crippen LogP contribution in [0, 0.1) is 12.7 Å². The quantitative estimate of drug-likeness (QED) is 0.886. The van der Waals surface area contributed by atoms with E-state index in [4.69, 9.17) is 4.52 Å². The molecule has 0 spiro atoms. The van der Waals surface area contributed by atoms with Crippen molar-refractivity contribution in [2.24, 2.45) is 0 Å². The number of likely N-dealkylation sites (tertiary alicyclic amines) is 1. The number of aliphatic hydroxyl groups excluding tert-OH is 1. The molecule has 0 saturated carbocycles. The lowest BCUT2D eigenvalue weighted by Crippen LogP contribution is -2.41. The summed E-state index contributed by atoms with van der Waals surface area (Å²) >= 11 is 0. The number of halogens is 1. The normalized spacial score (nSPS) is 20.4. The third-order valence-corrected chi connectivity index (χ3v) is 3.96. The number of nitrogens with zero attached hydrogens (tertiary/aromatic N) is 3. The second-order valence-electron chi connectivity index (χ2n) is 5.83. The Morgan fingerprint density at radius 1 is 1.54 bits per heavy atom. The zero-order chi connectivity index (χ0) is 17.1. The number of aromatic nitrogens is 2. The zero-order valence-corrected chi connectivity index (χ0v) is 13.3. The lowest BCUT2D eigenvalue weighted by molar-refractivity contribution is 0.169. The summed E-state index contributed by atoms with van der Waals surface area (Å²) in [5, 5.41) is 16.4. The highest BCUT2D eigenvalue weighted by Gasteiger charge is 2.35. The average molecular weight is 334 g/mol. The smallest absolute Gasteiger partial charge is 0.318 e. The molecule has 7 nitrogen and oxygen atoms in total. The molecule has 2 aromatic rings. The van der Waals surface area contributed by atoms with Gasteiger partial charge in [0.05, 0.1) is 12.1 Å². The van der Waals surface area contributed by atoms with Crippen molar-refractivity contribution in [2.45, 2.75) is 31.9 Å². The number of rotatable bonds is 4. The summed E-state index contributed by atoms with van der Waals surface area (Å²) in [5.41, 5.74) is 0.675. The fourth-order valence-electron chi connectivity index (χ4n) is 2.89. The van der Waals surface area contributed by atoms with Crippen LogP contribution >= 0.6 is 0 Å². The van der Waals surface area contributed by atoms with E-state index in [-0.39, 0.29) is 24.4 Å². The lowest BCUT2D eigenvalue weighted by atomic mass is 10.0. The topological polar surface area (TPSA) is 91.5 Å². The number of aliphatic hydroxyl groups is 1.